The van der Waals surface area contributed by atoms with Crippen LogP contribution in [-0.2, 0) is 40.4 Å². The second-order valence-electron chi connectivity index (χ2n) is 16.6. The van der Waals surface area contributed by atoms with E-state index in [-0.39, 0.29) is 61.2 Å². The molecule has 2 N–H and O–H groups in total. The number of carbonyl (C=O) groups is 4. The Hall–Kier alpha value is -5.28. The molecule has 0 aliphatic carbocycles. The number of carbonyl (C=O) groups excluding carboxylic acids is 4. The number of amides is 3. The van der Waals surface area contributed by atoms with Crippen LogP contribution in [0.2, 0.25) is 0 Å². The Morgan fingerprint density at radius 1 is 0.949 bits per heavy atom. The number of likely N-dealkylation sites (N-methyl/N-ethyl adjacent to an activating group) is 1. The van der Waals surface area contributed by atoms with Gasteiger partial charge in [0.05, 0.1) is 18.5 Å². The predicted molar refractivity (Wildman–Crippen MR) is 212 cm³/mol. The zero-order valence-electron chi connectivity index (χ0n) is 32.9. The highest BCUT2D eigenvalue weighted by atomic mass is 19.3. The van der Waals surface area contributed by atoms with Crippen molar-refractivity contribution in [3.05, 3.63) is 99.2 Å². The van der Waals surface area contributed by atoms with Crippen molar-refractivity contribution >= 4 is 40.6 Å². The Morgan fingerprint density at radius 3 is 2.36 bits per heavy atom. The first-order valence-electron chi connectivity index (χ1n) is 20.5. The summed E-state index contributed by atoms with van der Waals surface area (Å²) in [5.41, 5.74) is 5.72. The largest absolute Gasteiger partial charge is 0.371 e. The molecule has 2 atom stereocenters. The smallest absolute Gasteiger partial charge is 0.255 e. The second-order valence-corrected chi connectivity index (χ2v) is 16.6. The molecule has 2 fully saturated rings. The highest BCUT2D eigenvalue weighted by Crippen LogP contribution is 2.42. The number of aromatic nitrogens is 1. The van der Waals surface area contributed by atoms with Gasteiger partial charge >= 0.3 is 0 Å². The molecule has 4 aromatic rings. The van der Waals surface area contributed by atoms with Gasteiger partial charge in [-0.2, -0.15) is 0 Å². The Kier molecular flexibility index (Phi) is 10.4. The number of aromatic amines is 1. The van der Waals surface area contributed by atoms with E-state index in [0.717, 1.165) is 52.3 Å². The van der Waals surface area contributed by atoms with Crippen molar-refractivity contribution in [1.29, 1.82) is 0 Å². The van der Waals surface area contributed by atoms with Gasteiger partial charge in [0.1, 0.15) is 24.0 Å². The minimum Gasteiger partial charge on any atom is -0.371 e. The predicted octanol–water partition coefficient (Wildman–Crippen LogP) is 5.15. The zero-order chi connectivity index (χ0) is 41.1. The maximum Gasteiger partial charge on any atom is 0.255 e. The quantitative estimate of drug-likeness (QED) is 0.159. The minimum absolute atomic E-state index is 0.0761. The van der Waals surface area contributed by atoms with E-state index in [1.54, 1.807) is 0 Å². The molecule has 0 saturated carbocycles. The Morgan fingerprint density at radius 2 is 1.66 bits per heavy atom. The van der Waals surface area contributed by atoms with Gasteiger partial charge in [-0.25, -0.2) is 17.6 Å². The number of hydrogen-bond donors (Lipinski definition) is 2. The number of H-pyrrole nitrogens is 1. The van der Waals surface area contributed by atoms with E-state index >= 15 is 8.78 Å². The number of rotatable bonds is 11. The molecule has 59 heavy (non-hydrogen) atoms. The fourth-order valence-electron chi connectivity index (χ4n) is 10.2. The van der Waals surface area contributed by atoms with Crippen LogP contribution in [0.3, 0.4) is 0 Å². The van der Waals surface area contributed by atoms with Crippen molar-refractivity contribution in [3.8, 4) is 0 Å². The summed E-state index contributed by atoms with van der Waals surface area (Å²) in [6.45, 7) is 3.21. The van der Waals surface area contributed by atoms with E-state index in [1.807, 2.05) is 46.2 Å². The number of halogens is 4. The van der Waals surface area contributed by atoms with Gasteiger partial charge in [0.25, 0.3) is 12.3 Å². The van der Waals surface area contributed by atoms with E-state index < -0.39 is 36.7 Å². The van der Waals surface area contributed by atoms with Crippen LogP contribution in [0.15, 0.2) is 48.5 Å². The van der Waals surface area contributed by atoms with E-state index in [1.165, 1.54) is 29.0 Å². The average molecular weight is 814 g/mol. The number of likely N-dealkylation sites (tertiary alicyclic amines) is 1. The highest BCUT2D eigenvalue weighted by Gasteiger charge is 2.43. The molecular formula is C44H47F4N7O4. The number of para-hydroxylation sites is 1. The van der Waals surface area contributed by atoms with Crippen LogP contribution in [0.4, 0.5) is 23.2 Å². The number of piperidine rings is 1. The maximum absolute atomic E-state index is 16.1. The van der Waals surface area contributed by atoms with Crippen molar-refractivity contribution in [2.45, 2.75) is 76.3 Å². The number of nitrogens with zero attached hydrogens (tertiary/aromatic N) is 5. The van der Waals surface area contributed by atoms with Crippen LogP contribution < -0.4 is 10.2 Å². The molecule has 9 rings (SSSR count). The summed E-state index contributed by atoms with van der Waals surface area (Å²) in [5, 5.41) is 3.53. The highest BCUT2D eigenvalue weighted by molar-refractivity contribution is 6.01. The fourth-order valence-corrected chi connectivity index (χ4v) is 10.2. The van der Waals surface area contributed by atoms with Crippen LogP contribution in [0, 0.1) is 17.6 Å². The lowest BCUT2D eigenvalue weighted by Gasteiger charge is -2.47. The van der Waals surface area contributed by atoms with Gasteiger partial charge in [0.2, 0.25) is 11.8 Å². The summed E-state index contributed by atoms with van der Waals surface area (Å²) in [7, 11) is 1.51. The van der Waals surface area contributed by atoms with Crippen molar-refractivity contribution in [2.75, 3.05) is 51.2 Å². The summed E-state index contributed by atoms with van der Waals surface area (Å²) in [6.07, 6.45) is 0.526. The molecule has 6 heterocycles. The molecule has 11 nitrogen and oxygen atoms in total. The van der Waals surface area contributed by atoms with Crippen molar-refractivity contribution < 1.29 is 36.7 Å². The topological polar surface area (TPSA) is 112 Å². The number of benzene rings is 3. The molecule has 310 valence electrons. The first-order valence-corrected chi connectivity index (χ1v) is 20.5. The monoisotopic (exact) mass is 813 g/mol. The molecule has 0 radical (unpaired) electrons. The number of fused-ring (bicyclic) bond motifs is 5. The third-order valence-corrected chi connectivity index (χ3v) is 13.2. The van der Waals surface area contributed by atoms with Gasteiger partial charge in [0, 0.05) is 105 Å². The third kappa shape index (κ3) is 7.05. The number of alkyl halides is 2. The maximum atomic E-state index is 16.1. The molecule has 3 amide bonds. The number of aldehydes is 1. The third-order valence-electron chi connectivity index (χ3n) is 13.2. The standard InChI is InChI=1S/C44H47F4N7O4/c1-49-42(57)37(7-4-14-56)55-23-27-15-25-19-54(20-26(25)16-33(27)44(55)59)43(58)28-21-53(22-28)29-8-11-51(12-9-29)30-17-34(45)39(35(46)18-30)41-40-32(10-13-52(41)24-38(47)48)31-5-2-3-6-36(31)50-40/h2-3,5-6,14-18,28-29,37-38,41,50H,4,7-13,19-24H2,1H3,(H,49,57). The van der Waals surface area contributed by atoms with E-state index in [0.29, 0.717) is 62.6 Å². The number of hydrogen-bond acceptors (Lipinski definition) is 7. The van der Waals surface area contributed by atoms with Gasteiger partial charge in [0.15, 0.2) is 0 Å². The Labute approximate surface area is 339 Å². The van der Waals surface area contributed by atoms with Crippen molar-refractivity contribution in [3.63, 3.8) is 0 Å². The molecular weight excluding hydrogens is 767 g/mol. The normalized spacial score (nSPS) is 20.5. The van der Waals surface area contributed by atoms with Crippen molar-refractivity contribution in [2.24, 2.45) is 5.92 Å². The minimum atomic E-state index is -2.66. The Balaban J connectivity index is 0.805. The molecule has 0 spiro atoms. The fraction of sp³-hybridized carbons (Fsp3) is 0.455. The van der Waals surface area contributed by atoms with Crippen LogP contribution in [0.1, 0.15) is 75.6 Å². The summed E-state index contributed by atoms with van der Waals surface area (Å²) in [5.74, 6) is -2.14. The summed E-state index contributed by atoms with van der Waals surface area (Å²) >= 11 is 0. The van der Waals surface area contributed by atoms with Gasteiger partial charge in [-0.05, 0) is 72.2 Å². The van der Waals surface area contributed by atoms with Gasteiger partial charge in [-0.1, -0.05) is 24.3 Å². The van der Waals surface area contributed by atoms with Crippen LogP contribution in [0.25, 0.3) is 10.9 Å². The molecule has 15 heteroatoms. The van der Waals surface area contributed by atoms with E-state index in [9.17, 15) is 28.0 Å². The molecule has 1 aromatic heterocycles. The lowest BCUT2D eigenvalue weighted by atomic mass is 9.90. The Bertz CT molecular complexity index is 2300. The van der Waals surface area contributed by atoms with E-state index in [2.05, 4.69) is 15.2 Å². The molecule has 5 aliphatic rings. The van der Waals surface area contributed by atoms with Crippen molar-refractivity contribution in [1.82, 2.24) is 29.9 Å². The van der Waals surface area contributed by atoms with E-state index in [4.69, 9.17) is 0 Å². The molecule has 5 aliphatic heterocycles. The second kappa shape index (κ2) is 15.7. The first-order chi connectivity index (χ1) is 28.5. The molecule has 3 aromatic carbocycles. The lowest BCUT2D eigenvalue weighted by molar-refractivity contribution is -0.143. The summed E-state index contributed by atoms with van der Waals surface area (Å²) in [4.78, 5) is 63.0. The van der Waals surface area contributed by atoms with Gasteiger partial charge in [-0.15, -0.1) is 0 Å². The molecule has 2 unspecified atom stereocenters. The number of nitrogens with one attached hydrogen (secondary N) is 2. The summed E-state index contributed by atoms with van der Waals surface area (Å²) < 4.78 is 59.7. The van der Waals surface area contributed by atoms with Gasteiger partial charge < -0.3 is 29.8 Å². The summed E-state index contributed by atoms with van der Waals surface area (Å²) in [6, 6.07) is 12.5. The van der Waals surface area contributed by atoms with Crippen LogP contribution in [-0.4, -0.2) is 113 Å². The van der Waals surface area contributed by atoms with Crippen LogP contribution >= 0.6 is 0 Å². The SMILES string of the molecule is CNC(=O)C(CCC=O)N1Cc2cc3c(cc2C1=O)CN(C(=O)C1CN(C2CCN(c4cc(F)c(C5c6[nH]c7ccccc7c6CCN5CC(F)F)c(F)c4)CC2)C1)C3. The lowest BCUT2D eigenvalue weighted by Crippen LogP contribution is -2.59. The first kappa shape index (κ1) is 39.2. The molecule has 0 bridgehead atoms. The zero-order valence-corrected chi connectivity index (χ0v) is 32.9. The molecule has 2 saturated heterocycles. The number of anilines is 1. The average Bonchev–Trinajstić information content (AvgIpc) is 3.89. The van der Waals surface area contributed by atoms with Crippen LogP contribution in [0.5, 0.6) is 0 Å². The van der Waals surface area contributed by atoms with Gasteiger partial charge in [-0.3, -0.25) is 24.2 Å².